The number of nitrogens with one attached hydrogen (secondary N) is 1. The number of rotatable bonds is 7. The zero-order valence-electron chi connectivity index (χ0n) is 21.1. The molecule has 0 radical (unpaired) electrons. The zero-order valence-corrected chi connectivity index (χ0v) is 21.9. The van der Waals surface area contributed by atoms with Gasteiger partial charge >= 0.3 is 0 Å². The van der Waals surface area contributed by atoms with Gasteiger partial charge in [0.1, 0.15) is 5.65 Å². The van der Waals surface area contributed by atoms with Gasteiger partial charge in [-0.25, -0.2) is 22.2 Å². The molecule has 0 spiro atoms. The van der Waals surface area contributed by atoms with Crippen molar-refractivity contribution >= 4 is 27.0 Å². The molecule has 0 amide bonds. The van der Waals surface area contributed by atoms with Crippen LogP contribution in [0, 0.1) is 11.8 Å². The van der Waals surface area contributed by atoms with Crippen LogP contribution in [0.1, 0.15) is 63.5 Å². The molecule has 3 aliphatic rings. The summed E-state index contributed by atoms with van der Waals surface area (Å²) >= 11 is 0. The zero-order chi connectivity index (χ0) is 26.6. The van der Waals surface area contributed by atoms with E-state index in [0.29, 0.717) is 61.3 Å². The molecule has 204 valence electrons. The first kappa shape index (κ1) is 25.4. The number of pyridine rings is 1. The Bertz CT molecular complexity index is 1510. The topological polar surface area (TPSA) is 115 Å². The number of hydrogen-bond acceptors (Lipinski definition) is 7. The molecule has 2 saturated carbocycles. The van der Waals surface area contributed by atoms with Gasteiger partial charge in [-0.2, -0.15) is 14.4 Å². The smallest absolute Gasteiger partial charge is 0.269 e. The Labute approximate surface area is 219 Å². The lowest BCUT2D eigenvalue weighted by atomic mass is 9.94. The lowest BCUT2D eigenvalue weighted by molar-refractivity contribution is 0.148. The summed E-state index contributed by atoms with van der Waals surface area (Å²) in [4.78, 5) is 22.2. The molecule has 3 aromatic heterocycles. The first-order valence-electron chi connectivity index (χ1n) is 13.2. The van der Waals surface area contributed by atoms with Gasteiger partial charge in [0, 0.05) is 49.5 Å². The van der Waals surface area contributed by atoms with E-state index in [-0.39, 0.29) is 17.1 Å². The number of sulfonamides is 1. The summed E-state index contributed by atoms with van der Waals surface area (Å²) in [7, 11) is -3.67. The van der Waals surface area contributed by atoms with Gasteiger partial charge in [0.2, 0.25) is 5.95 Å². The highest BCUT2D eigenvalue weighted by atomic mass is 32.2. The minimum Gasteiger partial charge on any atom is -0.351 e. The summed E-state index contributed by atoms with van der Waals surface area (Å²) in [6, 6.07) is 2.52. The van der Waals surface area contributed by atoms with Crippen LogP contribution in [0.3, 0.4) is 0 Å². The van der Waals surface area contributed by atoms with Crippen LogP contribution in [0.15, 0.2) is 34.3 Å². The summed E-state index contributed by atoms with van der Waals surface area (Å²) in [6.07, 6.45) is 5.31. The van der Waals surface area contributed by atoms with E-state index in [2.05, 4.69) is 20.4 Å². The first-order valence-corrected chi connectivity index (χ1v) is 14.7. The quantitative estimate of drug-likeness (QED) is 0.481. The van der Waals surface area contributed by atoms with Crippen LogP contribution < -0.4 is 10.9 Å². The molecule has 10 nitrogen and oxygen atoms in total. The van der Waals surface area contributed by atoms with Crippen molar-refractivity contribution in [3.05, 3.63) is 40.4 Å². The van der Waals surface area contributed by atoms with Crippen molar-refractivity contribution in [1.29, 1.82) is 0 Å². The summed E-state index contributed by atoms with van der Waals surface area (Å²) < 4.78 is 57.9. The highest BCUT2D eigenvalue weighted by Gasteiger charge is 2.42. The van der Waals surface area contributed by atoms with Crippen molar-refractivity contribution in [2.45, 2.75) is 75.5 Å². The standard InChI is InChI=1S/C25H31F2N7O3S/c1-2-32-8-7-21(31-32)38(36,37)33-9-5-18(6-10-33)29-25-28-14-17-13-19(22(26)27)24(35)34(23(17)30-25)20-12-15-3-4-16(20)11-15/h7-8,13-16,18,20,22H,2-6,9-12H2,1H3,(H,28,29,30). The maximum Gasteiger partial charge on any atom is 0.269 e. The second-order valence-corrected chi connectivity index (χ2v) is 12.5. The Kier molecular flexibility index (Phi) is 6.45. The van der Waals surface area contributed by atoms with E-state index >= 15 is 0 Å². The Hall–Kier alpha value is -2.93. The first-order chi connectivity index (χ1) is 18.2. The Morgan fingerprint density at radius 3 is 2.58 bits per heavy atom. The third-order valence-electron chi connectivity index (χ3n) is 8.40. The van der Waals surface area contributed by atoms with Gasteiger partial charge in [0.15, 0.2) is 5.03 Å². The average molecular weight is 548 g/mol. The lowest BCUT2D eigenvalue weighted by Gasteiger charge is -2.31. The van der Waals surface area contributed by atoms with E-state index in [1.807, 2.05) is 6.92 Å². The molecule has 2 aliphatic carbocycles. The molecular weight excluding hydrogens is 516 g/mol. The molecule has 3 fully saturated rings. The third kappa shape index (κ3) is 4.39. The van der Waals surface area contributed by atoms with E-state index in [1.165, 1.54) is 27.2 Å². The molecule has 13 heteroatoms. The number of fused-ring (bicyclic) bond motifs is 3. The molecule has 1 aliphatic heterocycles. The number of anilines is 1. The maximum absolute atomic E-state index is 13.7. The van der Waals surface area contributed by atoms with Gasteiger partial charge in [-0.3, -0.25) is 14.0 Å². The van der Waals surface area contributed by atoms with E-state index in [1.54, 1.807) is 10.9 Å². The Morgan fingerprint density at radius 2 is 1.95 bits per heavy atom. The number of nitrogens with zero attached hydrogens (tertiary/aromatic N) is 6. The normalized spacial score (nSPS) is 24.6. The number of aromatic nitrogens is 5. The Morgan fingerprint density at radius 1 is 1.16 bits per heavy atom. The van der Waals surface area contributed by atoms with Crippen LogP contribution in [-0.4, -0.2) is 56.2 Å². The van der Waals surface area contributed by atoms with Crippen LogP contribution in [0.5, 0.6) is 0 Å². The van der Waals surface area contributed by atoms with E-state index in [0.717, 1.165) is 25.7 Å². The predicted molar refractivity (Wildman–Crippen MR) is 137 cm³/mol. The molecule has 3 unspecified atom stereocenters. The molecule has 4 heterocycles. The fraction of sp³-hybridized carbons (Fsp3) is 0.600. The maximum atomic E-state index is 13.7. The molecule has 1 saturated heterocycles. The van der Waals surface area contributed by atoms with Crippen molar-refractivity contribution in [2.24, 2.45) is 11.8 Å². The molecule has 38 heavy (non-hydrogen) atoms. The van der Waals surface area contributed by atoms with Crippen molar-refractivity contribution in [1.82, 2.24) is 28.6 Å². The van der Waals surface area contributed by atoms with Crippen LogP contribution in [0.2, 0.25) is 0 Å². The highest BCUT2D eigenvalue weighted by molar-refractivity contribution is 7.89. The van der Waals surface area contributed by atoms with Crippen molar-refractivity contribution in [2.75, 3.05) is 18.4 Å². The summed E-state index contributed by atoms with van der Waals surface area (Å²) in [6.45, 7) is 3.12. The van der Waals surface area contributed by atoms with Crippen LogP contribution in [0.25, 0.3) is 11.0 Å². The SMILES string of the molecule is CCn1ccc(S(=O)(=O)N2CCC(Nc3ncc4cc(C(F)F)c(=O)n(C5CC6CCC5C6)c4n3)CC2)n1. The number of aryl methyl sites for hydroxylation is 1. The number of piperidine rings is 1. The summed E-state index contributed by atoms with van der Waals surface area (Å²) in [5.41, 5.74) is -0.804. The van der Waals surface area contributed by atoms with Gasteiger partial charge < -0.3 is 5.32 Å². The van der Waals surface area contributed by atoms with E-state index in [4.69, 9.17) is 0 Å². The molecule has 2 bridgehead atoms. The van der Waals surface area contributed by atoms with E-state index in [9.17, 15) is 22.0 Å². The van der Waals surface area contributed by atoms with Gasteiger partial charge in [-0.15, -0.1) is 0 Å². The minimum absolute atomic E-state index is 0.0466. The van der Waals surface area contributed by atoms with Crippen molar-refractivity contribution in [3.63, 3.8) is 0 Å². The van der Waals surface area contributed by atoms with Crippen molar-refractivity contribution < 1.29 is 17.2 Å². The van der Waals surface area contributed by atoms with Crippen LogP contribution in [-0.2, 0) is 16.6 Å². The fourth-order valence-corrected chi connectivity index (χ4v) is 7.81. The second kappa shape index (κ2) is 9.67. The van der Waals surface area contributed by atoms with Crippen LogP contribution >= 0.6 is 0 Å². The summed E-state index contributed by atoms with van der Waals surface area (Å²) in [5.74, 6) is 1.13. The molecule has 6 rings (SSSR count). The monoisotopic (exact) mass is 547 g/mol. The summed E-state index contributed by atoms with van der Waals surface area (Å²) in [5, 5.41) is 7.89. The van der Waals surface area contributed by atoms with E-state index < -0.39 is 27.6 Å². The predicted octanol–water partition coefficient (Wildman–Crippen LogP) is 3.57. The lowest BCUT2D eigenvalue weighted by Crippen LogP contribution is -2.42. The average Bonchev–Trinajstić information content (AvgIpc) is 3.66. The second-order valence-electron chi connectivity index (χ2n) is 10.6. The van der Waals surface area contributed by atoms with Crippen LogP contribution in [0.4, 0.5) is 14.7 Å². The number of halogens is 2. The molecule has 3 aromatic rings. The Balaban J connectivity index is 1.23. The molecule has 1 N–H and O–H groups in total. The van der Waals surface area contributed by atoms with Gasteiger partial charge in [0.05, 0.1) is 5.56 Å². The minimum atomic E-state index is -3.67. The molecule has 3 atom stereocenters. The van der Waals surface area contributed by atoms with Gasteiger partial charge in [0.25, 0.3) is 22.0 Å². The molecule has 0 aromatic carbocycles. The number of alkyl halides is 2. The fourth-order valence-electron chi connectivity index (χ4n) is 6.41. The largest absolute Gasteiger partial charge is 0.351 e. The third-order valence-corrected chi connectivity index (χ3v) is 10.2. The van der Waals surface area contributed by atoms with Gasteiger partial charge in [-0.1, -0.05) is 6.42 Å². The highest BCUT2D eigenvalue weighted by Crippen LogP contribution is 2.50. The van der Waals surface area contributed by atoms with Gasteiger partial charge in [-0.05, 0) is 63.0 Å². The molecular formula is C25H31F2N7O3S. The number of hydrogen-bond donors (Lipinski definition) is 1. The van der Waals surface area contributed by atoms with Crippen molar-refractivity contribution in [3.8, 4) is 0 Å².